The molecule has 7 heteroatoms. The summed E-state index contributed by atoms with van der Waals surface area (Å²) in [4.78, 5) is 9.23. The van der Waals surface area contributed by atoms with Gasteiger partial charge in [-0.05, 0) is 57.9 Å². The minimum atomic E-state index is 0. The van der Waals surface area contributed by atoms with Gasteiger partial charge in [-0.1, -0.05) is 6.07 Å². The van der Waals surface area contributed by atoms with E-state index in [4.69, 9.17) is 14.5 Å². The molecule has 4 rings (SSSR count). The van der Waals surface area contributed by atoms with Crippen molar-refractivity contribution < 1.29 is 9.47 Å². The molecule has 27 heavy (non-hydrogen) atoms. The van der Waals surface area contributed by atoms with Gasteiger partial charge in [0.25, 0.3) is 0 Å². The van der Waals surface area contributed by atoms with E-state index >= 15 is 0 Å². The highest BCUT2D eigenvalue weighted by Crippen LogP contribution is 2.34. The Bertz CT molecular complexity index is 636. The summed E-state index contributed by atoms with van der Waals surface area (Å²) in [6.07, 6.45) is 11.1. The van der Waals surface area contributed by atoms with E-state index in [1.165, 1.54) is 19.3 Å². The fourth-order valence-corrected chi connectivity index (χ4v) is 4.26. The normalized spacial score (nSPS) is 27.4. The number of aromatic nitrogens is 1. The van der Waals surface area contributed by atoms with Crippen LogP contribution in [0.3, 0.4) is 0 Å². The summed E-state index contributed by atoms with van der Waals surface area (Å²) in [6, 6.07) is 4.39. The van der Waals surface area contributed by atoms with E-state index in [1.54, 1.807) is 6.20 Å². The predicted molar refractivity (Wildman–Crippen MR) is 117 cm³/mol. The Morgan fingerprint density at radius 1 is 1.30 bits per heavy atom. The summed E-state index contributed by atoms with van der Waals surface area (Å²) < 4.78 is 12.1. The zero-order valence-electron chi connectivity index (χ0n) is 16.0. The van der Waals surface area contributed by atoms with Gasteiger partial charge in [0.05, 0.1) is 24.8 Å². The molecule has 6 nitrogen and oxygen atoms in total. The third-order valence-electron chi connectivity index (χ3n) is 5.61. The second-order valence-corrected chi connectivity index (χ2v) is 7.55. The standard InChI is InChI=1S/C20H30N4O2.HI/c1-2-21-20(24-17-12-16-9-10-18(17)25-16)23-13-14-6-5-11-22-19(14)26-15-7-3-4-8-15;/h5-6,11,15-18H,2-4,7-10,12-13H2,1H3,(H2,21,23,24);1H. The van der Waals surface area contributed by atoms with Crippen molar-refractivity contribution >= 4 is 29.9 Å². The summed E-state index contributed by atoms with van der Waals surface area (Å²) in [6.45, 7) is 3.49. The highest BCUT2D eigenvalue weighted by molar-refractivity contribution is 14.0. The molecular formula is C20H31IN4O2. The molecule has 0 radical (unpaired) electrons. The molecule has 1 aliphatic carbocycles. The first-order valence-corrected chi connectivity index (χ1v) is 10.1. The molecule has 2 bridgehead atoms. The second kappa shape index (κ2) is 9.91. The Kier molecular flexibility index (Phi) is 7.57. The molecule has 3 aliphatic rings. The van der Waals surface area contributed by atoms with E-state index in [0.717, 1.165) is 49.6 Å². The number of aliphatic imine (C=N–C) groups is 1. The van der Waals surface area contributed by atoms with Crippen molar-refractivity contribution in [2.45, 2.75) is 82.8 Å². The zero-order valence-corrected chi connectivity index (χ0v) is 18.4. The molecule has 1 aromatic rings. The van der Waals surface area contributed by atoms with Crippen LogP contribution in [-0.2, 0) is 11.3 Å². The number of halogens is 1. The number of pyridine rings is 1. The quantitative estimate of drug-likeness (QED) is 0.367. The van der Waals surface area contributed by atoms with E-state index in [1.807, 2.05) is 6.07 Å². The van der Waals surface area contributed by atoms with Gasteiger partial charge in [-0.15, -0.1) is 24.0 Å². The van der Waals surface area contributed by atoms with E-state index < -0.39 is 0 Å². The predicted octanol–water partition coefficient (Wildman–Crippen LogP) is 3.40. The highest BCUT2D eigenvalue weighted by Gasteiger charge is 2.41. The number of hydrogen-bond acceptors (Lipinski definition) is 4. The number of fused-ring (bicyclic) bond motifs is 2. The maximum absolute atomic E-state index is 6.13. The average molecular weight is 486 g/mol. The van der Waals surface area contributed by atoms with Crippen molar-refractivity contribution in [3.8, 4) is 5.88 Å². The first kappa shape index (κ1) is 20.6. The van der Waals surface area contributed by atoms with Crippen molar-refractivity contribution in [1.82, 2.24) is 15.6 Å². The van der Waals surface area contributed by atoms with Crippen LogP contribution in [0, 0.1) is 0 Å². The fraction of sp³-hybridized carbons (Fsp3) is 0.700. The Labute approximate surface area is 178 Å². The van der Waals surface area contributed by atoms with Gasteiger partial charge in [0.1, 0.15) is 6.10 Å². The molecular weight excluding hydrogens is 455 g/mol. The van der Waals surface area contributed by atoms with Gasteiger partial charge in [-0.3, -0.25) is 0 Å². The van der Waals surface area contributed by atoms with E-state index in [2.05, 4.69) is 28.6 Å². The summed E-state index contributed by atoms with van der Waals surface area (Å²) in [5.74, 6) is 1.59. The number of ether oxygens (including phenoxy) is 2. The molecule has 2 aliphatic heterocycles. The lowest BCUT2D eigenvalue weighted by molar-refractivity contribution is 0.0992. The Balaban J connectivity index is 0.00000210. The minimum absolute atomic E-state index is 0. The van der Waals surface area contributed by atoms with Gasteiger partial charge in [0.15, 0.2) is 5.96 Å². The molecule has 3 fully saturated rings. The van der Waals surface area contributed by atoms with Crippen LogP contribution in [0.2, 0.25) is 0 Å². The average Bonchev–Trinajstić information content (AvgIpc) is 3.39. The first-order valence-electron chi connectivity index (χ1n) is 10.1. The largest absolute Gasteiger partial charge is 0.474 e. The van der Waals surface area contributed by atoms with Crippen molar-refractivity contribution in [3.05, 3.63) is 23.9 Å². The summed E-state index contributed by atoms with van der Waals surface area (Å²) >= 11 is 0. The summed E-state index contributed by atoms with van der Waals surface area (Å²) in [5.41, 5.74) is 1.04. The van der Waals surface area contributed by atoms with Crippen LogP contribution in [-0.4, -0.2) is 41.8 Å². The molecule has 0 spiro atoms. The van der Waals surface area contributed by atoms with Crippen LogP contribution in [0.4, 0.5) is 0 Å². The second-order valence-electron chi connectivity index (χ2n) is 7.55. The molecule has 3 unspecified atom stereocenters. The monoisotopic (exact) mass is 486 g/mol. The minimum Gasteiger partial charge on any atom is -0.474 e. The van der Waals surface area contributed by atoms with Gasteiger partial charge in [-0.2, -0.15) is 0 Å². The Hall–Kier alpha value is -1.09. The van der Waals surface area contributed by atoms with E-state index in [9.17, 15) is 0 Å². The van der Waals surface area contributed by atoms with Crippen molar-refractivity contribution in [3.63, 3.8) is 0 Å². The Morgan fingerprint density at radius 2 is 2.15 bits per heavy atom. The van der Waals surface area contributed by atoms with Gasteiger partial charge in [0.2, 0.25) is 5.88 Å². The van der Waals surface area contributed by atoms with Crippen LogP contribution in [0.15, 0.2) is 23.3 Å². The maximum Gasteiger partial charge on any atom is 0.218 e. The number of hydrogen-bond donors (Lipinski definition) is 2. The van der Waals surface area contributed by atoms with Crippen LogP contribution in [0.5, 0.6) is 5.88 Å². The van der Waals surface area contributed by atoms with Crippen LogP contribution >= 0.6 is 24.0 Å². The van der Waals surface area contributed by atoms with Crippen LogP contribution in [0.1, 0.15) is 57.4 Å². The lowest BCUT2D eigenvalue weighted by atomic mass is 9.96. The molecule has 150 valence electrons. The van der Waals surface area contributed by atoms with E-state index in [-0.39, 0.29) is 24.0 Å². The van der Waals surface area contributed by atoms with E-state index in [0.29, 0.717) is 30.9 Å². The highest BCUT2D eigenvalue weighted by atomic mass is 127. The molecule has 0 aromatic carbocycles. The lowest BCUT2D eigenvalue weighted by Gasteiger charge is -2.22. The number of nitrogens with zero attached hydrogens (tertiary/aromatic N) is 2. The fourth-order valence-electron chi connectivity index (χ4n) is 4.26. The molecule has 2 saturated heterocycles. The van der Waals surface area contributed by atoms with Crippen LogP contribution < -0.4 is 15.4 Å². The summed E-state index contributed by atoms with van der Waals surface area (Å²) in [5, 5.41) is 6.92. The zero-order chi connectivity index (χ0) is 17.8. The van der Waals surface area contributed by atoms with Gasteiger partial charge >= 0.3 is 0 Å². The molecule has 3 heterocycles. The van der Waals surface area contributed by atoms with Gasteiger partial charge in [-0.25, -0.2) is 9.98 Å². The molecule has 0 amide bonds. The van der Waals surface area contributed by atoms with Crippen molar-refractivity contribution in [2.75, 3.05) is 6.54 Å². The molecule has 1 aromatic heterocycles. The summed E-state index contributed by atoms with van der Waals surface area (Å²) in [7, 11) is 0. The number of rotatable bonds is 6. The maximum atomic E-state index is 6.13. The van der Waals surface area contributed by atoms with Crippen molar-refractivity contribution in [2.24, 2.45) is 4.99 Å². The first-order chi connectivity index (χ1) is 12.8. The van der Waals surface area contributed by atoms with Gasteiger partial charge in [0, 0.05) is 18.3 Å². The number of guanidine groups is 1. The number of nitrogens with one attached hydrogen (secondary N) is 2. The third-order valence-corrected chi connectivity index (χ3v) is 5.61. The van der Waals surface area contributed by atoms with Crippen LogP contribution in [0.25, 0.3) is 0 Å². The molecule has 2 N–H and O–H groups in total. The SMILES string of the molecule is CCNC(=NCc1cccnc1OC1CCCC1)NC1CC2CCC1O2.I. The lowest BCUT2D eigenvalue weighted by Crippen LogP contribution is -2.47. The molecule has 1 saturated carbocycles. The smallest absolute Gasteiger partial charge is 0.218 e. The van der Waals surface area contributed by atoms with Gasteiger partial charge < -0.3 is 20.1 Å². The molecule has 3 atom stereocenters. The van der Waals surface area contributed by atoms with Crippen molar-refractivity contribution in [1.29, 1.82) is 0 Å². The third kappa shape index (κ3) is 5.25. The topological polar surface area (TPSA) is 67.8 Å². The Morgan fingerprint density at radius 3 is 2.85 bits per heavy atom.